The van der Waals surface area contributed by atoms with Gasteiger partial charge in [-0.1, -0.05) is 18.2 Å². The third kappa shape index (κ3) is 2.36. The van der Waals surface area contributed by atoms with Crippen LogP contribution in [0.2, 0.25) is 0 Å². The van der Waals surface area contributed by atoms with Crippen molar-refractivity contribution in [1.29, 1.82) is 0 Å². The van der Waals surface area contributed by atoms with Crippen LogP contribution in [0.15, 0.2) is 36.4 Å². The monoisotopic (exact) mass is 301 g/mol. The first-order valence-electron chi connectivity index (χ1n) is 7.02. The van der Waals surface area contributed by atoms with E-state index in [9.17, 15) is 19.5 Å². The Morgan fingerprint density at radius 1 is 1.05 bits per heavy atom. The van der Waals surface area contributed by atoms with Crippen molar-refractivity contribution in [1.82, 2.24) is 0 Å². The number of anilines is 1. The van der Waals surface area contributed by atoms with Gasteiger partial charge in [0.05, 0.1) is 17.4 Å². The number of carboxylic acid groups (broad SMARTS) is 2. The zero-order chi connectivity index (χ0) is 15.9. The second kappa shape index (κ2) is 5.29. The summed E-state index contributed by atoms with van der Waals surface area (Å²) in [5.74, 6) is -3.89. The average molecular weight is 301 g/mol. The molecule has 1 aromatic carbocycles. The van der Waals surface area contributed by atoms with Crippen molar-refractivity contribution in [3.63, 3.8) is 0 Å². The number of aromatic carboxylic acids is 1. The van der Waals surface area contributed by atoms with Crippen molar-refractivity contribution in [2.75, 3.05) is 5.32 Å². The molecule has 0 saturated heterocycles. The molecule has 0 aliphatic heterocycles. The van der Waals surface area contributed by atoms with E-state index in [1.54, 1.807) is 6.07 Å². The molecule has 6 nitrogen and oxygen atoms in total. The lowest BCUT2D eigenvalue weighted by Gasteiger charge is -2.23. The summed E-state index contributed by atoms with van der Waals surface area (Å²) in [7, 11) is 0. The highest BCUT2D eigenvalue weighted by atomic mass is 16.4. The van der Waals surface area contributed by atoms with Gasteiger partial charge in [0.15, 0.2) is 0 Å². The molecule has 2 aliphatic carbocycles. The lowest BCUT2D eigenvalue weighted by Crippen LogP contribution is -2.36. The molecule has 114 valence electrons. The van der Waals surface area contributed by atoms with Crippen LogP contribution in [0.25, 0.3) is 0 Å². The highest BCUT2D eigenvalue weighted by molar-refractivity contribution is 5.97. The van der Waals surface area contributed by atoms with Crippen LogP contribution >= 0.6 is 0 Å². The predicted molar refractivity (Wildman–Crippen MR) is 77.4 cm³/mol. The van der Waals surface area contributed by atoms with Crippen LogP contribution in [-0.4, -0.2) is 28.1 Å². The maximum atomic E-state index is 12.4. The fourth-order valence-electron chi connectivity index (χ4n) is 3.47. The maximum Gasteiger partial charge on any atom is 0.335 e. The topological polar surface area (TPSA) is 104 Å². The predicted octanol–water partition coefficient (Wildman–Crippen LogP) is 1.85. The van der Waals surface area contributed by atoms with Gasteiger partial charge in [0.1, 0.15) is 0 Å². The fourth-order valence-corrected chi connectivity index (χ4v) is 3.47. The number of fused-ring (bicyclic) bond motifs is 2. The molecule has 0 spiro atoms. The van der Waals surface area contributed by atoms with E-state index < -0.39 is 23.8 Å². The largest absolute Gasteiger partial charge is 0.481 e. The number of carbonyl (C=O) groups is 3. The lowest BCUT2D eigenvalue weighted by atomic mass is 9.82. The molecule has 1 aromatic rings. The number of aliphatic carboxylic acids is 1. The van der Waals surface area contributed by atoms with E-state index in [2.05, 4.69) is 5.32 Å². The SMILES string of the molecule is O=C(O)c1cccc(NC(=O)[C@H]2[C@H](C(=O)O)[C@@H]3C=C[C@H]2C3)c1. The van der Waals surface area contributed by atoms with Gasteiger partial charge in [-0.3, -0.25) is 9.59 Å². The molecule has 6 heteroatoms. The van der Waals surface area contributed by atoms with Gasteiger partial charge in [0.2, 0.25) is 5.91 Å². The summed E-state index contributed by atoms with van der Waals surface area (Å²) >= 11 is 0. The van der Waals surface area contributed by atoms with Crippen molar-refractivity contribution < 1.29 is 24.6 Å². The van der Waals surface area contributed by atoms with Gasteiger partial charge in [0.25, 0.3) is 0 Å². The summed E-state index contributed by atoms with van der Waals surface area (Å²) in [5, 5.41) is 21.0. The first kappa shape index (κ1) is 14.3. The van der Waals surface area contributed by atoms with Gasteiger partial charge in [0, 0.05) is 5.69 Å². The Labute approximate surface area is 126 Å². The molecular weight excluding hydrogens is 286 g/mol. The molecular formula is C16H15NO5. The second-order valence-electron chi connectivity index (χ2n) is 5.71. The van der Waals surface area contributed by atoms with Gasteiger partial charge in [-0.2, -0.15) is 0 Å². The molecule has 22 heavy (non-hydrogen) atoms. The van der Waals surface area contributed by atoms with Crippen molar-refractivity contribution in [2.45, 2.75) is 6.42 Å². The van der Waals surface area contributed by atoms with E-state index in [1.165, 1.54) is 18.2 Å². The van der Waals surface area contributed by atoms with E-state index in [0.29, 0.717) is 12.1 Å². The molecule has 1 amide bonds. The minimum absolute atomic E-state index is 0.0613. The van der Waals surface area contributed by atoms with Crippen LogP contribution in [0.3, 0.4) is 0 Å². The quantitative estimate of drug-likeness (QED) is 0.736. The van der Waals surface area contributed by atoms with E-state index in [0.717, 1.165) is 0 Å². The Hall–Kier alpha value is -2.63. The van der Waals surface area contributed by atoms with Crippen LogP contribution in [0, 0.1) is 23.7 Å². The number of benzene rings is 1. The standard InChI is InChI=1S/C16H15NO5/c18-14(17-11-3-1-2-10(7-11)15(19)20)12-8-4-5-9(6-8)13(12)16(21)22/h1-5,7-9,12-13H,6H2,(H,17,18)(H,19,20)(H,21,22)/t8-,9+,12+,13+/m0/s1. The number of hydrogen-bond acceptors (Lipinski definition) is 3. The number of rotatable bonds is 4. The molecule has 2 aliphatic rings. The number of allylic oxidation sites excluding steroid dienone is 2. The molecule has 1 fully saturated rings. The highest BCUT2D eigenvalue weighted by Gasteiger charge is 2.51. The third-order valence-corrected chi connectivity index (χ3v) is 4.42. The molecule has 0 unspecified atom stereocenters. The van der Waals surface area contributed by atoms with Crippen molar-refractivity contribution in [3.05, 3.63) is 42.0 Å². The Bertz CT molecular complexity index is 681. The smallest absolute Gasteiger partial charge is 0.335 e. The minimum atomic E-state index is -1.08. The van der Waals surface area contributed by atoms with Gasteiger partial charge in [-0.05, 0) is 36.5 Å². The van der Waals surface area contributed by atoms with E-state index >= 15 is 0 Å². The summed E-state index contributed by atoms with van der Waals surface area (Å²) in [5.41, 5.74) is 0.432. The molecule has 3 N–H and O–H groups in total. The summed E-state index contributed by atoms with van der Waals surface area (Å²) in [6.07, 6.45) is 4.46. The van der Waals surface area contributed by atoms with Crippen LogP contribution < -0.4 is 5.32 Å². The van der Waals surface area contributed by atoms with E-state index in [1.807, 2.05) is 12.2 Å². The van der Waals surface area contributed by atoms with E-state index in [-0.39, 0.29) is 23.3 Å². The van der Waals surface area contributed by atoms with Crippen LogP contribution in [0.5, 0.6) is 0 Å². The Morgan fingerprint density at radius 2 is 1.73 bits per heavy atom. The van der Waals surface area contributed by atoms with Crippen molar-refractivity contribution in [2.24, 2.45) is 23.7 Å². The van der Waals surface area contributed by atoms with Gasteiger partial charge in [-0.15, -0.1) is 0 Å². The lowest BCUT2D eigenvalue weighted by molar-refractivity contribution is -0.146. The van der Waals surface area contributed by atoms with Gasteiger partial charge < -0.3 is 15.5 Å². The third-order valence-electron chi connectivity index (χ3n) is 4.42. The number of carbonyl (C=O) groups excluding carboxylic acids is 1. The number of hydrogen-bond donors (Lipinski definition) is 3. The van der Waals surface area contributed by atoms with E-state index in [4.69, 9.17) is 5.11 Å². The summed E-state index contributed by atoms with van der Waals surface area (Å²) in [6.45, 7) is 0. The zero-order valence-corrected chi connectivity index (χ0v) is 11.6. The van der Waals surface area contributed by atoms with Crippen LogP contribution in [0.1, 0.15) is 16.8 Å². The van der Waals surface area contributed by atoms with Crippen molar-refractivity contribution in [3.8, 4) is 0 Å². The zero-order valence-electron chi connectivity index (χ0n) is 11.6. The molecule has 0 heterocycles. The summed E-state index contributed by atoms with van der Waals surface area (Å²) in [4.78, 5) is 34.8. The van der Waals surface area contributed by atoms with Gasteiger partial charge in [-0.25, -0.2) is 4.79 Å². The summed E-state index contributed by atoms with van der Waals surface area (Å²) < 4.78 is 0. The number of amides is 1. The Balaban J connectivity index is 1.80. The molecule has 0 aromatic heterocycles. The van der Waals surface area contributed by atoms with Crippen LogP contribution in [0.4, 0.5) is 5.69 Å². The average Bonchev–Trinajstić information content (AvgIpc) is 3.07. The fraction of sp³-hybridized carbons (Fsp3) is 0.312. The summed E-state index contributed by atoms with van der Waals surface area (Å²) in [6, 6.07) is 5.91. The molecule has 1 saturated carbocycles. The normalized spacial score (nSPS) is 28.5. The maximum absolute atomic E-state index is 12.4. The highest BCUT2D eigenvalue weighted by Crippen LogP contribution is 2.48. The molecule has 2 bridgehead atoms. The molecule has 3 rings (SSSR count). The first-order chi connectivity index (χ1) is 10.5. The number of nitrogens with one attached hydrogen (secondary N) is 1. The minimum Gasteiger partial charge on any atom is -0.481 e. The van der Waals surface area contributed by atoms with Crippen molar-refractivity contribution >= 4 is 23.5 Å². The Morgan fingerprint density at radius 3 is 2.36 bits per heavy atom. The second-order valence-corrected chi connectivity index (χ2v) is 5.71. The number of carboxylic acids is 2. The molecule has 4 atom stereocenters. The Kier molecular flexibility index (Phi) is 3.44. The first-order valence-corrected chi connectivity index (χ1v) is 7.02. The van der Waals surface area contributed by atoms with Crippen LogP contribution in [-0.2, 0) is 9.59 Å². The molecule has 0 radical (unpaired) electrons. The van der Waals surface area contributed by atoms with Gasteiger partial charge >= 0.3 is 11.9 Å².